The summed E-state index contributed by atoms with van der Waals surface area (Å²) in [5.74, 6) is -0.179. The van der Waals surface area contributed by atoms with Gasteiger partial charge in [-0.25, -0.2) is 4.57 Å². The number of hydrogen-bond donors (Lipinski definition) is 3. The quantitative estimate of drug-likeness (QED) is 0.595. The van der Waals surface area contributed by atoms with Gasteiger partial charge in [0.25, 0.3) is 11.5 Å². The molecule has 0 spiro atoms. The largest absolute Gasteiger partial charge is 0.375 e. The second-order valence-corrected chi connectivity index (χ2v) is 6.23. The number of imidazole rings is 1. The van der Waals surface area contributed by atoms with Crippen LogP contribution in [0.2, 0.25) is 0 Å². The van der Waals surface area contributed by atoms with Crippen LogP contribution in [0.1, 0.15) is 19.6 Å². The summed E-state index contributed by atoms with van der Waals surface area (Å²) in [4.78, 5) is 30.7. The minimum Gasteiger partial charge on any atom is -0.375 e. The molecule has 4 N–H and O–H groups in total. The average molecular weight is 351 g/mol. The van der Waals surface area contributed by atoms with E-state index in [2.05, 4.69) is 15.3 Å². The minimum absolute atomic E-state index is 0.0272. The predicted octanol–water partition coefficient (Wildman–Crippen LogP) is -1.18. The molecular formula is C15H23N6O4+. The van der Waals surface area contributed by atoms with E-state index in [1.807, 2.05) is 6.92 Å². The molecule has 2 aromatic heterocycles. The number of nitrogen functional groups attached to an aromatic ring is 1. The molecule has 10 heteroatoms. The molecule has 1 aliphatic heterocycles. The molecule has 25 heavy (non-hydrogen) atoms. The van der Waals surface area contributed by atoms with Crippen molar-refractivity contribution in [2.45, 2.75) is 31.8 Å². The molecule has 0 aliphatic carbocycles. The maximum atomic E-state index is 12.2. The van der Waals surface area contributed by atoms with Crippen LogP contribution in [-0.4, -0.2) is 46.8 Å². The molecule has 2 aromatic rings. The van der Waals surface area contributed by atoms with E-state index < -0.39 is 6.23 Å². The van der Waals surface area contributed by atoms with Gasteiger partial charge in [-0.05, 0) is 6.92 Å². The smallest absolute Gasteiger partial charge is 0.313 e. The highest BCUT2D eigenvalue weighted by molar-refractivity contribution is 5.76. The SMILES string of the molecule is CNC(=O)C[C@H]1[C@@H](OC)[C@H]([n+]2cn(C)c3c(=O)[nH]c(N)nc32)O[C@@H]1C. The Balaban J connectivity index is 2.06. The highest BCUT2D eigenvalue weighted by Gasteiger charge is 2.47. The number of amides is 1. The molecule has 4 atom stereocenters. The number of ether oxygens (including phenoxy) is 2. The van der Waals surface area contributed by atoms with Crippen LogP contribution in [0.4, 0.5) is 5.95 Å². The molecule has 0 radical (unpaired) electrons. The number of H-pyrrole nitrogens is 1. The highest BCUT2D eigenvalue weighted by atomic mass is 16.6. The lowest BCUT2D eigenvalue weighted by atomic mass is 9.94. The van der Waals surface area contributed by atoms with E-state index in [-0.39, 0.29) is 42.0 Å². The van der Waals surface area contributed by atoms with Crippen LogP contribution in [0.15, 0.2) is 11.1 Å². The lowest BCUT2D eigenvalue weighted by Gasteiger charge is -2.20. The fraction of sp³-hybridized carbons (Fsp3) is 0.600. The number of nitrogens with two attached hydrogens (primary N) is 1. The zero-order valence-corrected chi connectivity index (χ0v) is 14.6. The molecule has 1 saturated heterocycles. The number of nitrogens with one attached hydrogen (secondary N) is 2. The van der Waals surface area contributed by atoms with Crippen molar-refractivity contribution in [3.63, 3.8) is 0 Å². The topological polar surface area (TPSA) is 128 Å². The van der Waals surface area contributed by atoms with E-state index >= 15 is 0 Å². The summed E-state index contributed by atoms with van der Waals surface area (Å²) in [6, 6.07) is 0. The molecule has 1 amide bonds. The molecule has 0 saturated carbocycles. The number of rotatable bonds is 4. The van der Waals surface area contributed by atoms with Crippen LogP contribution in [-0.2, 0) is 21.3 Å². The standard InChI is InChI=1S/C15H22N6O4/c1-7-8(5-9(22)17-2)11(24-4)14(25-7)21-6-20(3)10-12(21)18-15(16)19-13(10)23/h6-8,11,14H,5H2,1-4H3,(H3-,16,17,18,19,22,23)/p+1/t7-,8-,11-,14-/m1/s1. The Morgan fingerprint density at radius 3 is 2.96 bits per heavy atom. The monoisotopic (exact) mass is 351 g/mol. The van der Waals surface area contributed by atoms with E-state index in [1.54, 1.807) is 36.7 Å². The van der Waals surface area contributed by atoms with Gasteiger partial charge >= 0.3 is 5.65 Å². The van der Waals surface area contributed by atoms with Crippen molar-refractivity contribution in [2.75, 3.05) is 19.9 Å². The van der Waals surface area contributed by atoms with Crippen LogP contribution in [0.3, 0.4) is 0 Å². The van der Waals surface area contributed by atoms with Gasteiger partial charge in [-0.2, -0.15) is 0 Å². The van der Waals surface area contributed by atoms with E-state index in [0.717, 1.165) is 0 Å². The third-order valence-corrected chi connectivity index (χ3v) is 4.70. The lowest BCUT2D eigenvalue weighted by molar-refractivity contribution is -0.745. The van der Waals surface area contributed by atoms with E-state index in [9.17, 15) is 9.59 Å². The number of nitrogens with zero attached hydrogens (tertiary/aromatic N) is 3. The Kier molecular flexibility index (Phi) is 4.48. The molecule has 3 rings (SSSR count). The number of aromatic amines is 1. The molecule has 1 aliphatic rings. The summed E-state index contributed by atoms with van der Waals surface area (Å²) in [7, 11) is 4.92. The lowest BCUT2D eigenvalue weighted by Crippen LogP contribution is -2.46. The average Bonchev–Trinajstić information content (AvgIpc) is 3.04. The Morgan fingerprint density at radius 1 is 1.60 bits per heavy atom. The number of anilines is 1. The van der Waals surface area contributed by atoms with E-state index in [4.69, 9.17) is 15.2 Å². The first-order chi connectivity index (χ1) is 11.9. The molecule has 0 bridgehead atoms. The van der Waals surface area contributed by atoms with Crippen molar-refractivity contribution in [1.29, 1.82) is 0 Å². The highest BCUT2D eigenvalue weighted by Crippen LogP contribution is 2.35. The van der Waals surface area contributed by atoms with Gasteiger partial charge in [-0.3, -0.25) is 19.1 Å². The van der Waals surface area contributed by atoms with Crippen molar-refractivity contribution >= 4 is 23.0 Å². The molecule has 1 fully saturated rings. The molecule has 0 aromatic carbocycles. The molecule has 3 heterocycles. The Morgan fingerprint density at radius 2 is 2.32 bits per heavy atom. The Labute approximate surface area is 143 Å². The summed E-state index contributed by atoms with van der Waals surface area (Å²) in [6.07, 6.45) is 0.915. The van der Waals surface area contributed by atoms with Gasteiger partial charge in [-0.1, -0.05) is 4.98 Å². The maximum Gasteiger partial charge on any atom is 0.313 e. The second-order valence-electron chi connectivity index (χ2n) is 6.23. The fourth-order valence-electron chi connectivity index (χ4n) is 3.45. The summed E-state index contributed by atoms with van der Waals surface area (Å²) in [6.45, 7) is 1.90. The zero-order valence-electron chi connectivity index (χ0n) is 14.6. The van der Waals surface area contributed by atoms with Crippen molar-refractivity contribution in [1.82, 2.24) is 19.9 Å². The van der Waals surface area contributed by atoms with Crippen LogP contribution < -0.4 is 21.2 Å². The first kappa shape index (κ1) is 17.4. The van der Waals surface area contributed by atoms with Gasteiger partial charge in [-0.15, -0.1) is 0 Å². The van der Waals surface area contributed by atoms with Crippen molar-refractivity contribution in [3.05, 3.63) is 16.7 Å². The summed E-state index contributed by atoms with van der Waals surface area (Å²) in [5, 5.41) is 2.63. The van der Waals surface area contributed by atoms with Crippen LogP contribution in [0.25, 0.3) is 11.2 Å². The number of methoxy groups -OCH3 is 1. The first-order valence-electron chi connectivity index (χ1n) is 8.02. The summed E-state index contributed by atoms with van der Waals surface area (Å²) in [5.41, 5.74) is 6.16. The van der Waals surface area contributed by atoms with Gasteiger partial charge in [0.15, 0.2) is 6.33 Å². The molecule has 136 valence electrons. The molecule has 10 nitrogen and oxygen atoms in total. The normalized spacial score (nSPS) is 26.2. The Bertz CT molecular complexity index is 860. The number of fused-ring (bicyclic) bond motifs is 1. The van der Waals surface area contributed by atoms with Crippen LogP contribution in [0.5, 0.6) is 0 Å². The second kappa shape index (κ2) is 6.45. The van der Waals surface area contributed by atoms with Crippen LogP contribution >= 0.6 is 0 Å². The predicted molar refractivity (Wildman–Crippen MR) is 88.5 cm³/mol. The van der Waals surface area contributed by atoms with Gasteiger partial charge in [0.05, 0.1) is 13.2 Å². The van der Waals surface area contributed by atoms with Gasteiger partial charge < -0.3 is 20.5 Å². The van der Waals surface area contributed by atoms with E-state index in [1.165, 1.54) is 0 Å². The van der Waals surface area contributed by atoms with Crippen molar-refractivity contribution in [2.24, 2.45) is 13.0 Å². The van der Waals surface area contributed by atoms with Gasteiger partial charge in [0, 0.05) is 26.5 Å². The summed E-state index contributed by atoms with van der Waals surface area (Å²) >= 11 is 0. The number of hydrogen-bond acceptors (Lipinski definition) is 6. The van der Waals surface area contributed by atoms with Gasteiger partial charge in [0.1, 0.15) is 6.10 Å². The first-order valence-corrected chi connectivity index (χ1v) is 8.02. The number of carbonyl (C=O) groups excluding carboxylic acids is 1. The maximum absolute atomic E-state index is 12.2. The molecule has 0 unspecified atom stereocenters. The molecular weight excluding hydrogens is 328 g/mol. The van der Waals surface area contributed by atoms with Crippen LogP contribution in [0, 0.1) is 5.92 Å². The third kappa shape index (κ3) is 2.87. The fourth-order valence-corrected chi connectivity index (χ4v) is 3.45. The van der Waals surface area contributed by atoms with E-state index in [0.29, 0.717) is 11.2 Å². The number of carbonyl (C=O) groups is 1. The summed E-state index contributed by atoms with van der Waals surface area (Å²) < 4.78 is 15.1. The van der Waals surface area contributed by atoms with Crippen molar-refractivity contribution < 1.29 is 18.8 Å². The minimum atomic E-state index is -0.521. The van der Waals surface area contributed by atoms with Gasteiger partial charge in [0.2, 0.25) is 17.7 Å². The van der Waals surface area contributed by atoms with Crippen molar-refractivity contribution in [3.8, 4) is 0 Å². The number of aryl methyl sites for hydroxylation is 1. The zero-order chi connectivity index (χ0) is 18.3. The number of aromatic nitrogens is 4. The third-order valence-electron chi connectivity index (χ3n) is 4.70. The Hall–Kier alpha value is -2.46.